The maximum atomic E-state index is 12.8. The molecule has 3 aromatic rings. The molecule has 1 N–H and O–H groups in total. The lowest BCUT2D eigenvalue weighted by Gasteiger charge is -2.34. The fourth-order valence-electron chi connectivity index (χ4n) is 4.33. The average molecular weight is 392 g/mol. The van der Waals surface area contributed by atoms with E-state index in [4.69, 9.17) is 0 Å². The number of aliphatic hydroxyl groups is 1. The first-order valence-electron chi connectivity index (χ1n) is 10.5. The fraction of sp³-hybridized carbons (Fsp3) is 0.417. The Morgan fingerprint density at radius 1 is 1.17 bits per heavy atom. The average Bonchev–Trinajstić information content (AvgIpc) is 3.17. The van der Waals surface area contributed by atoms with Gasteiger partial charge in [0.2, 0.25) is 5.91 Å². The topological polar surface area (TPSA) is 57.8 Å². The van der Waals surface area contributed by atoms with Gasteiger partial charge in [0, 0.05) is 25.5 Å². The first kappa shape index (κ1) is 19.6. The maximum absolute atomic E-state index is 12.8. The zero-order valence-corrected chi connectivity index (χ0v) is 17.0. The van der Waals surface area contributed by atoms with Crippen molar-refractivity contribution in [3.05, 3.63) is 71.7 Å². The van der Waals surface area contributed by atoms with Crippen LogP contribution in [0.5, 0.6) is 0 Å². The number of nitrogens with zero attached hydrogens (tertiary/aromatic N) is 3. The van der Waals surface area contributed by atoms with E-state index in [0.717, 1.165) is 55.7 Å². The molecule has 0 radical (unpaired) electrons. The van der Waals surface area contributed by atoms with Crippen LogP contribution in [0, 0.1) is 12.8 Å². The van der Waals surface area contributed by atoms with Crippen LogP contribution in [-0.2, 0) is 17.6 Å². The summed E-state index contributed by atoms with van der Waals surface area (Å²) in [6, 6.07) is 14.3. The predicted molar refractivity (Wildman–Crippen MR) is 114 cm³/mol. The SMILES string of the molecule is Cc1cccn2c(CC(=O)N3CCC(C(O)CCc4ccccc4)CC3)cnc12. The first-order valence-corrected chi connectivity index (χ1v) is 10.5. The van der Waals surface area contributed by atoms with Crippen molar-refractivity contribution in [2.75, 3.05) is 13.1 Å². The zero-order valence-electron chi connectivity index (χ0n) is 17.0. The Labute approximate surface area is 172 Å². The minimum absolute atomic E-state index is 0.144. The number of carbonyl (C=O) groups excluding carboxylic acids is 1. The number of likely N-dealkylation sites (tertiary alicyclic amines) is 1. The van der Waals surface area contributed by atoms with E-state index < -0.39 is 0 Å². The number of imidazole rings is 1. The Kier molecular flexibility index (Phi) is 5.95. The van der Waals surface area contributed by atoms with Gasteiger partial charge in [-0.2, -0.15) is 0 Å². The Morgan fingerprint density at radius 2 is 1.93 bits per heavy atom. The molecule has 29 heavy (non-hydrogen) atoms. The number of rotatable bonds is 6. The Bertz CT molecular complexity index is 959. The van der Waals surface area contributed by atoms with Crippen LogP contribution in [-0.4, -0.2) is 44.5 Å². The third kappa shape index (κ3) is 4.51. The van der Waals surface area contributed by atoms with Crippen molar-refractivity contribution in [2.45, 2.75) is 45.1 Å². The molecule has 0 saturated carbocycles. The molecule has 1 atom stereocenters. The number of fused-ring (bicyclic) bond motifs is 1. The molecule has 1 aliphatic heterocycles. The molecular formula is C24H29N3O2. The number of hydrogen-bond donors (Lipinski definition) is 1. The third-order valence-corrected chi connectivity index (χ3v) is 6.15. The molecule has 1 fully saturated rings. The van der Waals surface area contributed by atoms with Gasteiger partial charge in [-0.05, 0) is 55.7 Å². The molecule has 0 spiro atoms. The Morgan fingerprint density at radius 3 is 2.69 bits per heavy atom. The summed E-state index contributed by atoms with van der Waals surface area (Å²) in [5.74, 6) is 0.423. The number of aliphatic hydroxyl groups excluding tert-OH is 1. The highest BCUT2D eigenvalue weighted by atomic mass is 16.3. The van der Waals surface area contributed by atoms with Crippen LogP contribution >= 0.6 is 0 Å². The summed E-state index contributed by atoms with van der Waals surface area (Å²) >= 11 is 0. The van der Waals surface area contributed by atoms with E-state index in [9.17, 15) is 9.90 Å². The number of carbonyl (C=O) groups is 1. The second-order valence-electron chi connectivity index (χ2n) is 8.12. The van der Waals surface area contributed by atoms with Gasteiger partial charge in [0.1, 0.15) is 5.65 Å². The first-order chi connectivity index (χ1) is 14.1. The Balaban J connectivity index is 1.28. The van der Waals surface area contributed by atoms with Crippen LogP contribution in [0.4, 0.5) is 0 Å². The monoisotopic (exact) mass is 391 g/mol. The van der Waals surface area contributed by atoms with Gasteiger partial charge < -0.3 is 14.4 Å². The molecule has 0 bridgehead atoms. The fourth-order valence-corrected chi connectivity index (χ4v) is 4.33. The minimum Gasteiger partial charge on any atom is -0.393 e. The van der Waals surface area contributed by atoms with Gasteiger partial charge in [0.25, 0.3) is 0 Å². The lowest BCUT2D eigenvalue weighted by molar-refractivity contribution is -0.132. The second-order valence-corrected chi connectivity index (χ2v) is 8.12. The molecule has 2 aromatic heterocycles. The van der Waals surface area contributed by atoms with E-state index in [2.05, 4.69) is 17.1 Å². The molecule has 152 valence electrons. The van der Waals surface area contributed by atoms with Gasteiger partial charge in [-0.25, -0.2) is 4.98 Å². The summed E-state index contributed by atoms with van der Waals surface area (Å²) < 4.78 is 2.01. The van der Waals surface area contributed by atoms with E-state index in [1.165, 1.54) is 5.56 Å². The number of amides is 1. The predicted octanol–water partition coefficient (Wildman–Crippen LogP) is 3.42. The molecule has 1 saturated heterocycles. The summed E-state index contributed by atoms with van der Waals surface area (Å²) in [5, 5.41) is 10.6. The van der Waals surface area contributed by atoms with Gasteiger partial charge in [-0.1, -0.05) is 36.4 Å². The summed E-state index contributed by atoms with van der Waals surface area (Å²) in [7, 11) is 0. The molecule has 5 nitrogen and oxygen atoms in total. The van der Waals surface area contributed by atoms with Crippen molar-refractivity contribution in [3.63, 3.8) is 0 Å². The number of piperidine rings is 1. The van der Waals surface area contributed by atoms with Crippen molar-refractivity contribution >= 4 is 11.6 Å². The number of benzene rings is 1. The van der Waals surface area contributed by atoms with Crippen LogP contribution < -0.4 is 0 Å². The molecule has 3 heterocycles. The molecule has 1 amide bonds. The molecule has 0 aliphatic carbocycles. The van der Waals surface area contributed by atoms with E-state index in [0.29, 0.717) is 6.42 Å². The normalized spacial score (nSPS) is 16.3. The number of hydrogen-bond acceptors (Lipinski definition) is 3. The molecule has 1 unspecified atom stereocenters. The second kappa shape index (κ2) is 8.78. The van der Waals surface area contributed by atoms with Crippen molar-refractivity contribution in [1.29, 1.82) is 0 Å². The standard InChI is InChI=1S/C24H29N3O2/c1-18-6-5-13-27-21(17-25-24(18)27)16-23(29)26-14-11-20(12-15-26)22(28)10-9-19-7-3-2-4-8-19/h2-8,13,17,20,22,28H,9-12,14-16H2,1H3. The summed E-state index contributed by atoms with van der Waals surface area (Å²) in [5.41, 5.74) is 4.22. The quantitative estimate of drug-likeness (QED) is 0.700. The van der Waals surface area contributed by atoms with Crippen molar-refractivity contribution < 1.29 is 9.90 Å². The van der Waals surface area contributed by atoms with E-state index >= 15 is 0 Å². The third-order valence-electron chi connectivity index (χ3n) is 6.15. The molecule has 4 rings (SSSR count). The van der Waals surface area contributed by atoms with E-state index in [1.54, 1.807) is 6.20 Å². The highest BCUT2D eigenvalue weighted by molar-refractivity contribution is 5.78. The number of aromatic nitrogens is 2. The lowest BCUT2D eigenvalue weighted by Crippen LogP contribution is -2.42. The smallest absolute Gasteiger partial charge is 0.228 e. The summed E-state index contributed by atoms with van der Waals surface area (Å²) in [6.07, 6.45) is 7.26. The van der Waals surface area contributed by atoms with Crippen LogP contribution in [0.3, 0.4) is 0 Å². The molecule has 5 heteroatoms. The van der Waals surface area contributed by atoms with E-state index in [1.807, 2.05) is 52.8 Å². The molecular weight excluding hydrogens is 362 g/mol. The van der Waals surface area contributed by atoms with Gasteiger partial charge in [0.15, 0.2) is 0 Å². The van der Waals surface area contributed by atoms with Crippen LogP contribution in [0.2, 0.25) is 0 Å². The van der Waals surface area contributed by atoms with Gasteiger partial charge >= 0.3 is 0 Å². The van der Waals surface area contributed by atoms with Crippen molar-refractivity contribution in [1.82, 2.24) is 14.3 Å². The number of aryl methyl sites for hydroxylation is 2. The summed E-state index contributed by atoms with van der Waals surface area (Å²) in [4.78, 5) is 19.2. The van der Waals surface area contributed by atoms with Gasteiger partial charge in [0.05, 0.1) is 18.2 Å². The zero-order chi connectivity index (χ0) is 20.2. The molecule has 1 aliphatic rings. The van der Waals surface area contributed by atoms with Crippen LogP contribution in [0.1, 0.15) is 36.1 Å². The lowest BCUT2D eigenvalue weighted by atomic mass is 9.88. The largest absolute Gasteiger partial charge is 0.393 e. The van der Waals surface area contributed by atoms with Crippen molar-refractivity contribution in [2.24, 2.45) is 5.92 Å². The van der Waals surface area contributed by atoms with Gasteiger partial charge in [-0.3, -0.25) is 4.79 Å². The van der Waals surface area contributed by atoms with Gasteiger partial charge in [-0.15, -0.1) is 0 Å². The summed E-state index contributed by atoms with van der Waals surface area (Å²) in [6.45, 7) is 3.48. The number of pyridine rings is 1. The van der Waals surface area contributed by atoms with Crippen LogP contribution in [0.15, 0.2) is 54.9 Å². The van der Waals surface area contributed by atoms with Crippen molar-refractivity contribution in [3.8, 4) is 0 Å². The highest BCUT2D eigenvalue weighted by Crippen LogP contribution is 2.24. The Hall–Kier alpha value is -2.66. The van der Waals surface area contributed by atoms with E-state index in [-0.39, 0.29) is 17.9 Å². The van der Waals surface area contributed by atoms with Crippen LogP contribution in [0.25, 0.3) is 5.65 Å². The minimum atomic E-state index is -0.297. The highest BCUT2D eigenvalue weighted by Gasteiger charge is 2.27. The molecule has 1 aromatic carbocycles. The maximum Gasteiger partial charge on any atom is 0.228 e.